The largest absolute Gasteiger partial charge is 0.375 e. The lowest BCUT2D eigenvalue weighted by Gasteiger charge is -2.37. The molecule has 0 atom stereocenters. The van der Waals surface area contributed by atoms with Gasteiger partial charge < -0.3 is 9.64 Å². The van der Waals surface area contributed by atoms with Crippen LogP contribution in [0.25, 0.3) is 0 Å². The number of nitrogens with zero attached hydrogens (tertiary/aromatic N) is 1. The Morgan fingerprint density at radius 3 is 2.35 bits per heavy atom. The molecule has 1 saturated carbocycles. The molecule has 0 aromatic rings. The Bertz CT molecular complexity index is 288. The van der Waals surface area contributed by atoms with Crippen molar-refractivity contribution in [1.29, 1.82) is 0 Å². The van der Waals surface area contributed by atoms with Gasteiger partial charge in [0.25, 0.3) is 0 Å². The second-order valence-corrected chi connectivity index (χ2v) is 5.87. The van der Waals surface area contributed by atoms with E-state index in [1.807, 2.05) is 0 Å². The van der Waals surface area contributed by atoms with Crippen LogP contribution in [0, 0.1) is 23.7 Å². The summed E-state index contributed by atoms with van der Waals surface area (Å²) >= 11 is 0. The molecule has 2 nitrogen and oxygen atoms in total. The van der Waals surface area contributed by atoms with Gasteiger partial charge in [0.15, 0.2) is 0 Å². The molecule has 0 N–H and O–H groups in total. The molecule has 0 spiro atoms. The Kier molecular flexibility index (Phi) is 4.48. The molecule has 0 radical (unpaired) electrons. The first kappa shape index (κ1) is 12.9. The van der Waals surface area contributed by atoms with Crippen molar-refractivity contribution in [2.75, 3.05) is 20.1 Å². The summed E-state index contributed by atoms with van der Waals surface area (Å²) in [6.45, 7) is 6.68. The van der Waals surface area contributed by atoms with Crippen LogP contribution in [-0.2, 0) is 4.74 Å². The molecule has 1 saturated heterocycles. The van der Waals surface area contributed by atoms with Gasteiger partial charge in [0.2, 0.25) is 0 Å². The number of piperidine rings is 1. The first-order valence-electron chi connectivity index (χ1n) is 6.98. The average Bonchev–Trinajstić information content (AvgIpc) is 2.23. The second kappa shape index (κ2) is 5.89. The van der Waals surface area contributed by atoms with Gasteiger partial charge in [-0.15, -0.1) is 5.92 Å². The van der Waals surface area contributed by atoms with Gasteiger partial charge in [0, 0.05) is 24.9 Å². The molecule has 1 aliphatic heterocycles. The normalized spacial score (nSPS) is 30.8. The molecular weight excluding hydrogens is 210 g/mol. The second-order valence-electron chi connectivity index (χ2n) is 5.87. The van der Waals surface area contributed by atoms with Crippen molar-refractivity contribution in [1.82, 2.24) is 4.90 Å². The Labute approximate surface area is 106 Å². The van der Waals surface area contributed by atoms with Crippen LogP contribution in [0.15, 0.2) is 0 Å². The number of ether oxygens (including phenoxy) is 1. The van der Waals surface area contributed by atoms with E-state index in [1.165, 1.54) is 25.9 Å². The molecule has 2 aliphatic rings. The van der Waals surface area contributed by atoms with Gasteiger partial charge in [0.1, 0.15) is 0 Å². The van der Waals surface area contributed by atoms with Gasteiger partial charge in [-0.2, -0.15) is 0 Å². The van der Waals surface area contributed by atoms with Crippen LogP contribution in [0.3, 0.4) is 0 Å². The van der Waals surface area contributed by atoms with Gasteiger partial charge in [-0.3, -0.25) is 0 Å². The molecule has 2 heteroatoms. The third-order valence-electron chi connectivity index (χ3n) is 3.72. The van der Waals surface area contributed by atoms with Gasteiger partial charge in [-0.25, -0.2) is 0 Å². The fourth-order valence-corrected chi connectivity index (χ4v) is 2.47. The summed E-state index contributed by atoms with van der Waals surface area (Å²) in [6, 6.07) is 0. The van der Waals surface area contributed by atoms with Crippen LogP contribution in [0.2, 0.25) is 0 Å². The molecule has 2 fully saturated rings. The summed E-state index contributed by atoms with van der Waals surface area (Å²) < 4.78 is 6.12. The standard InChI is InChI=1S/C15H25NO/c1-12(2)4-5-13-10-15(11-13)17-14-6-8-16(3)9-7-14/h12-15H,6-11H2,1-3H3. The third-order valence-corrected chi connectivity index (χ3v) is 3.72. The Hall–Kier alpha value is -0.520. The minimum absolute atomic E-state index is 0.495. The summed E-state index contributed by atoms with van der Waals surface area (Å²) in [5.74, 6) is 7.73. The zero-order valence-electron chi connectivity index (χ0n) is 11.4. The average molecular weight is 235 g/mol. The molecule has 96 valence electrons. The van der Waals surface area contributed by atoms with Gasteiger partial charge in [0.05, 0.1) is 12.2 Å². The van der Waals surface area contributed by atoms with E-state index >= 15 is 0 Å². The van der Waals surface area contributed by atoms with Gasteiger partial charge >= 0.3 is 0 Å². The molecule has 1 aliphatic carbocycles. The van der Waals surface area contributed by atoms with E-state index in [9.17, 15) is 0 Å². The predicted molar refractivity (Wildman–Crippen MR) is 70.7 cm³/mol. The molecule has 0 amide bonds. The van der Waals surface area contributed by atoms with Crippen LogP contribution in [0.1, 0.15) is 39.5 Å². The highest BCUT2D eigenvalue weighted by Crippen LogP contribution is 2.31. The summed E-state index contributed by atoms with van der Waals surface area (Å²) in [4.78, 5) is 2.39. The highest BCUT2D eigenvalue weighted by molar-refractivity contribution is 5.10. The molecule has 0 aromatic heterocycles. The van der Waals surface area contributed by atoms with E-state index in [0.29, 0.717) is 24.0 Å². The molecule has 0 aromatic carbocycles. The van der Waals surface area contributed by atoms with Crippen LogP contribution >= 0.6 is 0 Å². The maximum absolute atomic E-state index is 6.12. The maximum atomic E-state index is 6.12. The Balaban J connectivity index is 1.63. The zero-order chi connectivity index (χ0) is 12.3. The third kappa shape index (κ3) is 4.01. The van der Waals surface area contributed by atoms with E-state index in [4.69, 9.17) is 4.74 Å². The zero-order valence-corrected chi connectivity index (χ0v) is 11.4. The fourth-order valence-electron chi connectivity index (χ4n) is 2.47. The van der Waals surface area contributed by atoms with E-state index in [2.05, 4.69) is 37.6 Å². The topological polar surface area (TPSA) is 12.5 Å². The highest BCUT2D eigenvalue weighted by atomic mass is 16.5. The Morgan fingerprint density at radius 1 is 1.12 bits per heavy atom. The van der Waals surface area contributed by atoms with Crippen LogP contribution in [0.4, 0.5) is 0 Å². The van der Waals surface area contributed by atoms with E-state index in [-0.39, 0.29) is 0 Å². The van der Waals surface area contributed by atoms with Crippen LogP contribution in [-0.4, -0.2) is 37.2 Å². The monoisotopic (exact) mass is 235 g/mol. The lowest BCUT2D eigenvalue weighted by atomic mass is 9.82. The van der Waals surface area contributed by atoms with Crippen molar-refractivity contribution in [2.45, 2.75) is 51.7 Å². The first-order chi connectivity index (χ1) is 8.13. The summed E-state index contributed by atoms with van der Waals surface area (Å²) in [5.41, 5.74) is 0. The molecule has 0 bridgehead atoms. The van der Waals surface area contributed by atoms with Crippen molar-refractivity contribution in [3.8, 4) is 11.8 Å². The molecule has 1 heterocycles. The van der Waals surface area contributed by atoms with Crippen molar-refractivity contribution in [3.63, 3.8) is 0 Å². The molecule has 17 heavy (non-hydrogen) atoms. The molecular formula is C15H25NO. The fraction of sp³-hybridized carbons (Fsp3) is 0.867. The van der Waals surface area contributed by atoms with Crippen LogP contribution < -0.4 is 0 Å². The number of rotatable bonds is 2. The highest BCUT2D eigenvalue weighted by Gasteiger charge is 2.31. The minimum Gasteiger partial charge on any atom is -0.375 e. The Morgan fingerprint density at radius 2 is 1.76 bits per heavy atom. The minimum atomic E-state index is 0.495. The predicted octanol–water partition coefficient (Wildman–Crippen LogP) is 2.54. The summed E-state index contributed by atoms with van der Waals surface area (Å²) in [5, 5.41) is 0. The van der Waals surface area contributed by atoms with E-state index < -0.39 is 0 Å². The van der Waals surface area contributed by atoms with Crippen molar-refractivity contribution < 1.29 is 4.74 Å². The first-order valence-corrected chi connectivity index (χ1v) is 6.98. The van der Waals surface area contributed by atoms with Gasteiger partial charge in [-0.05, 0) is 32.7 Å². The lowest BCUT2D eigenvalue weighted by molar-refractivity contribution is -0.0828. The van der Waals surface area contributed by atoms with Crippen molar-refractivity contribution in [2.24, 2.45) is 11.8 Å². The lowest BCUT2D eigenvalue weighted by Crippen LogP contribution is -2.39. The van der Waals surface area contributed by atoms with E-state index in [0.717, 1.165) is 12.8 Å². The SMILES string of the molecule is CC(C)C#CC1CC(OC2CCN(C)CC2)C1. The molecule has 2 rings (SSSR count). The van der Waals surface area contributed by atoms with E-state index in [1.54, 1.807) is 0 Å². The smallest absolute Gasteiger partial charge is 0.0603 e. The maximum Gasteiger partial charge on any atom is 0.0603 e. The number of likely N-dealkylation sites (tertiary alicyclic amines) is 1. The molecule has 0 unspecified atom stereocenters. The van der Waals surface area contributed by atoms with Crippen molar-refractivity contribution >= 4 is 0 Å². The van der Waals surface area contributed by atoms with Crippen LogP contribution in [0.5, 0.6) is 0 Å². The number of hydrogen-bond donors (Lipinski definition) is 0. The quantitative estimate of drug-likeness (QED) is 0.682. The number of hydrogen-bond acceptors (Lipinski definition) is 2. The van der Waals surface area contributed by atoms with Crippen molar-refractivity contribution in [3.05, 3.63) is 0 Å². The van der Waals surface area contributed by atoms with Gasteiger partial charge in [-0.1, -0.05) is 19.8 Å². The summed E-state index contributed by atoms with van der Waals surface area (Å²) in [6.07, 6.45) is 5.73. The summed E-state index contributed by atoms with van der Waals surface area (Å²) in [7, 11) is 2.19.